The van der Waals surface area contributed by atoms with E-state index in [-0.39, 0.29) is 58.9 Å². The Bertz CT molecular complexity index is 3900. The van der Waals surface area contributed by atoms with Gasteiger partial charge in [0.05, 0.1) is 46.3 Å². The van der Waals surface area contributed by atoms with Crippen LogP contribution in [0.3, 0.4) is 0 Å². The van der Waals surface area contributed by atoms with Crippen LogP contribution in [0.2, 0.25) is 0 Å². The molecule has 4 aliphatic rings. The Hall–Kier alpha value is -9.90. The number of carbonyl (C=O) groups excluding carboxylic acids is 3. The van der Waals surface area contributed by atoms with Gasteiger partial charge in [0.2, 0.25) is 11.6 Å². The van der Waals surface area contributed by atoms with Crippen LogP contribution in [0.15, 0.2) is 122 Å². The van der Waals surface area contributed by atoms with E-state index in [9.17, 15) is 19.2 Å². The van der Waals surface area contributed by atoms with Gasteiger partial charge in [-0.05, 0) is 64.5 Å². The third-order valence-electron chi connectivity index (χ3n) is 15.4. The molecule has 0 radical (unpaired) electrons. The number of hydrogen-bond acceptors (Lipinski definition) is 17. The first kappa shape index (κ1) is 49.9. The molecule has 8 aromatic heterocycles. The molecule has 79 heavy (non-hydrogen) atoms. The molecular formula is C56H52N18O5. The summed E-state index contributed by atoms with van der Waals surface area (Å²) < 4.78 is 3.10. The number of nitrogens with one attached hydrogen (secondary N) is 3. The highest BCUT2D eigenvalue weighted by molar-refractivity contribution is 6.01. The molecule has 0 saturated carbocycles. The number of carbonyl (C=O) groups is 4. The average molecular weight is 1060 g/mol. The van der Waals surface area contributed by atoms with Gasteiger partial charge < -0.3 is 26.8 Å². The Kier molecular flexibility index (Phi) is 13.0. The van der Waals surface area contributed by atoms with Crippen molar-refractivity contribution in [3.8, 4) is 44.8 Å². The molecule has 4 fully saturated rings. The molecule has 0 aliphatic carbocycles. The summed E-state index contributed by atoms with van der Waals surface area (Å²) in [7, 11) is 0. The fraction of sp³-hybridized carbons (Fsp3) is 0.250. The van der Waals surface area contributed by atoms with Crippen molar-refractivity contribution in [1.29, 1.82) is 0 Å². The molecule has 4 aliphatic heterocycles. The van der Waals surface area contributed by atoms with Gasteiger partial charge >= 0.3 is 5.97 Å². The third kappa shape index (κ3) is 9.17. The van der Waals surface area contributed by atoms with E-state index in [1.165, 1.54) is 24.2 Å². The summed E-state index contributed by atoms with van der Waals surface area (Å²) >= 11 is 0. The van der Waals surface area contributed by atoms with Gasteiger partial charge in [0.1, 0.15) is 24.3 Å². The van der Waals surface area contributed by atoms with Gasteiger partial charge in [-0.3, -0.25) is 34.5 Å². The van der Waals surface area contributed by atoms with Crippen molar-refractivity contribution < 1.29 is 24.3 Å². The highest BCUT2D eigenvalue weighted by Gasteiger charge is 2.51. The number of hydrogen-bond donors (Lipinski definition) is 6. The normalized spacial score (nSPS) is 19.7. The maximum Gasteiger partial charge on any atom is 0.373 e. The van der Waals surface area contributed by atoms with Crippen LogP contribution in [0.1, 0.15) is 118 Å². The summed E-state index contributed by atoms with van der Waals surface area (Å²) in [6, 6.07) is 28.8. The number of pyridine rings is 2. The minimum absolute atomic E-state index is 0.0378. The number of rotatable bonds is 10. The van der Waals surface area contributed by atoms with Crippen molar-refractivity contribution in [2.45, 2.75) is 88.4 Å². The maximum atomic E-state index is 13.2. The Morgan fingerprint density at radius 2 is 1.11 bits per heavy atom. The summed E-state index contributed by atoms with van der Waals surface area (Å²) in [5.41, 5.74) is 23.8. The lowest BCUT2D eigenvalue weighted by molar-refractivity contribution is 0.0681. The zero-order chi connectivity index (χ0) is 54.5. The maximum absolute atomic E-state index is 13.2. The molecule has 0 spiro atoms. The van der Waals surface area contributed by atoms with Crippen LogP contribution in [0.4, 0.5) is 11.6 Å². The number of aromatic carboxylic acids is 1. The number of benzene rings is 2. The van der Waals surface area contributed by atoms with Crippen molar-refractivity contribution >= 4 is 46.4 Å². The number of aromatic nitrogens is 14. The van der Waals surface area contributed by atoms with Crippen LogP contribution in [-0.2, 0) is 0 Å². The van der Waals surface area contributed by atoms with Crippen LogP contribution < -0.4 is 16.8 Å². The van der Waals surface area contributed by atoms with Gasteiger partial charge in [0.25, 0.3) is 5.91 Å². The summed E-state index contributed by atoms with van der Waals surface area (Å²) in [6.07, 6.45) is 15.3. The molecule has 23 nitrogen and oxygen atoms in total. The lowest BCUT2D eigenvalue weighted by Crippen LogP contribution is -2.37. The van der Waals surface area contributed by atoms with Crippen molar-refractivity contribution in [1.82, 2.24) is 79.7 Å². The average Bonchev–Trinajstić information content (AvgIpc) is 4.46. The molecule has 4 saturated heterocycles. The second kappa shape index (κ2) is 20.6. The number of nitrogens with two attached hydrogens (primary N) is 2. The molecule has 23 heteroatoms. The number of fused-ring (bicyclic) bond motifs is 6. The summed E-state index contributed by atoms with van der Waals surface area (Å²) in [4.78, 5) is 77.2. The highest BCUT2D eigenvalue weighted by Crippen LogP contribution is 2.49. The molecule has 2 aromatic carbocycles. The van der Waals surface area contributed by atoms with E-state index in [0.29, 0.717) is 52.4 Å². The van der Waals surface area contributed by atoms with Gasteiger partial charge in [-0.1, -0.05) is 72.8 Å². The first-order valence-corrected chi connectivity index (χ1v) is 25.8. The van der Waals surface area contributed by atoms with Crippen LogP contribution in [0, 0.1) is 0 Å². The van der Waals surface area contributed by atoms with Crippen LogP contribution in [0.5, 0.6) is 0 Å². The summed E-state index contributed by atoms with van der Waals surface area (Å²) in [6.45, 7) is 3.05. The quantitative estimate of drug-likeness (QED) is 0.0760. The van der Waals surface area contributed by atoms with E-state index in [1.807, 2.05) is 96.0 Å². The molecule has 12 heterocycles. The largest absolute Gasteiger partial charge is 0.475 e. The number of H-pyrrole nitrogens is 2. The van der Waals surface area contributed by atoms with Crippen molar-refractivity contribution in [3.63, 3.8) is 0 Å². The molecular weight excluding hydrogens is 1000 g/mol. The summed E-state index contributed by atoms with van der Waals surface area (Å²) in [5, 5.41) is 32.7. The fourth-order valence-electron chi connectivity index (χ4n) is 11.9. The second-order valence-corrected chi connectivity index (χ2v) is 20.0. The van der Waals surface area contributed by atoms with E-state index in [2.05, 4.69) is 55.8 Å². The number of aromatic amines is 2. The lowest BCUT2D eigenvalue weighted by Gasteiger charge is -2.25. The standard InChI is InChI=1S/C28H25N9O2.C25H24N6O.C3H3N3O2/c1-15(38)23-24(19-11-18-8-10-22(19)36(18)28(39)26-31-14-32-35-26)34-27-20(13-33-37(27)25(23)29)17-7-9-21(30-12-17)16-5-3-2-4-6-16;1-14(32)22-23(18-11-17-8-10-21(18)29-17)30-25-19(13-28-31(25)24(22)26)16-7-9-20(27-12-16)15-5-3-2-4-6-15;7-3(8)2-4-1-5-6-2/h2-7,9,12-14,18-19,22H,8,10-11,29H2,1H3,(H,31,32,35);2-7,9,12-13,17-18,21,29H,8,10-11,26H2,1H3;1H,(H,7,8)(H,4,5,6). The Morgan fingerprint density at radius 1 is 0.582 bits per heavy atom. The highest BCUT2D eigenvalue weighted by atomic mass is 16.4. The second-order valence-electron chi connectivity index (χ2n) is 20.0. The number of nitrogen functional groups attached to an aromatic ring is 2. The van der Waals surface area contributed by atoms with Crippen molar-refractivity contribution in [3.05, 3.63) is 157 Å². The number of carboxylic acid groups (broad SMARTS) is 1. The van der Waals surface area contributed by atoms with E-state index in [4.69, 9.17) is 26.5 Å². The van der Waals surface area contributed by atoms with E-state index >= 15 is 0 Å². The molecule has 6 unspecified atom stereocenters. The molecule has 10 aromatic rings. The molecule has 8 N–H and O–H groups in total. The first-order chi connectivity index (χ1) is 38.4. The summed E-state index contributed by atoms with van der Waals surface area (Å²) in [5.74, 6) is -0.780. The monoisotopic (exact) mass is 1060 g/mol. The molecule has 396 valence electrons. The number of amides is 1. The smallest absolute Gasteiger partial charge is 0.373 e. The Morgan fingerprint density at radius 3 is 1.54 bits per heavy atom. The number of carboxylic acids is 1. The lowest BCUT2D eigenvalue weighted by atomic mass is 9.84. The van der Waals surface area contributed by atoms with Gasteiger partial charge in [0, 0.05) is 81.8 Å². The minimum atomic E-state index is -1.09. The van der Waals surface area contributed by atoms with Gasteiger partial charge in [0.15, 0.2) is 22.9 Å². The SMILES string of the molecule is CC(=O)c1c(C2CC3CCC2N3)nc2c(-c3ccc(-c4ccccc4)nc3)cnn2c1N.CC(=O)c1c(C2CC3CCC2N3C(=O)c2ncn[nH]2)nc2c(-c3ccc(-c4ccccc4)nc3)cnn2c1N.O=C(O)c1ncn[nH]1. The Balaban J connectivity index is 0.000000140. The molecule has 1 amide bonds. The molecule has 4 bridgehead atoms. The van der Waals surface area contributed by atoms with Gasteiger partial charge in [-0.25, -0.2) is 24.7 Å². The van der Waals surface area contributed by atoms with Crippen LogP contribution in [-0.4, -0.2) is 127 Å². The van der Waals surface area contributed by atoms with E-state index < -0.39 is 5.97 Å². The zero-order valence-corrected chi connectivity index (χ0v) is 42.8. The zero-order valence-electron chi connectivity index (χ0n) is 42.8. The number of anilines is 2. The van der Waals surface area contributed by atoms with Crippen LogP contribution >= 0.6 is 0 Å². The fourth-order valence-corrected chi connectivity index (χ4v) is 11.9. The number of nitrogens with zero attached hydrogens (tertiary/aromatic N) is 13. The first-order valence-electron chi connectivity index (χ1n) is 25.8. The number of ketones is 2. The van der Waals surface area contributed by atoms with Gasteiger partial charge in [-0.2, -0.15) is 29.4 Å². The number of Topliss-reactive ketones (excluding diaryl/α,β-unsaturated/α-hetero) is 2. The topological polar surface area (TPSA) is 325 Å². The Labute approximate surface area is 450 Å². The molecule has 14 rings (SSSR count). The predicted molar refractivity (Wildman–Crippen MR) is 290 cm³/mol. The van der Waals surface area contributed by atoms with Gasteiger partial charge in [-0.15, -0.1) is 0 Å². The van der Waals surface area contributed by atoms with Crippen molar-refractivity contribution in [2.75, 3.05) is 11.5 Å². The van der Waals surface area contributed by atoms with E-state index in [0.717, 1.165) is 82.5 Å². The van der Waals surface area contributed by atoms with E-state index in [1.54, 1.807) is 30.0 Å². The minimum Gasteiger partial charge on any atom is -0.475 e. The van der Waals surface area contributed by atoms with Crippen LogP contribution in [0.25, 0.3) is 56.1 Å². The third-order valence-corrected chi connectivity index (χ3v) is 15.4. The van der Waals surface area contributed by atoms with Crippen molar-refractivity contribution in [2.24, 2.45) is 0 Å². The predicted octanol–water partition coefficient (Wildman–Crippen LogP) is 6.88. The molecule has 6 atom stereocenters.